The summed E-state index contributed by atoms with van der Waals surface area (Å²) in [5.41, 5.74) is 0. The fraction of sp³-hybridized carbons (Fsp3) is 0.429. The Labute approximate surface area is 91.3 Å². The number of halogens is 1. The first kappa shape index (κ1) is 10.8. The molecule has 1 aromatic heterocycles. The summed E-state index contributed by atoms with van der Waals surface area (Å²) in [6.07, 6.45) is 4.29. The molecular weight excluding hydrogens is 301 g/mol. The molecule has 2 atom stereocenters. The Morgan fingerprint density at radius 3 is 2.31 bits per heavy atom. The molecule has 1 aromatic rings. The topological polar surface area (TPSA) is 66.7 Å². The van der Waals surface area contributed by atoms with Gasteiger partial charge in [-0.15, -0.1) is 0 Å². The molecule has 0 aliphatic carbocycles. The van der Waals surface area contributed by atoms with E-state index in [2.05, 4.69) is 32.6 Å². The molecule has 0 saturated heterocycles. The molecule has 1 N–H and O–H groups in total. The second-order valence-corrected chi connectivity index (χ2v) is 6.76. The Kier molecular flexibility index (Phi) is 3.23. The van der Waals surface area contributed by atoms with Crippen LogP contribution in [0.4, 0.5) is 0 Å². The van der Waals surface area contributed by atoms with Crippen molar-refractivity contribution < 1.29 is 4.21 Å². The van der Waals surface area contributed by atoms with Crippen LogP contribution in [0.1, 0.15) is 16.7 Å². The van der Waals surface area contributed by atoms with E-state index < -0.39 is 9.73 Å². The van der Waals surface area contributed by atoms with Crippen molar-refractivity contribution in [3.8, 4) is 0 Å². The highest BCUT2D eigenvalue weighted by atomic mass is 127. The standard InChI is InChI=1S/C7H10IN3OS/c1-5(8)7-10-3-6(4-11-7)13(2,9)12/h3-5,9H,1-2H3. The van der Waals surface area contributed by atoms with Crippen molar-refractivity contribution in [2.45, 2.75) is 15.7 Å². The average molecular weight is 311 g/mol. The zero-order valence-corrected chi connectivity index (χ0v) is 10.3. The average Bonchev–Trinajstić information content (AvgIpc) is 2.03. The van der Waals surface area contributed by atoms with E-state index in [1.807, 2.05) is 6.92 Å². The normalized spacial score (nSPS) is 17.8. The van der Waals surface area contributed by atoms with Gasteiger partial charge < -0.3 is 0 Å². The van der Waals surface area contributed by atoms with E-state index in [0.717, 1.165) is 0 Å². The molecular formula is C7H10IN3OS. The maximum absolute atomic E-state index is 11.3. The van der Waals surface area contributed by atoms with Gasteiger partial charge >= 0.3 is 0 Å². The van der Waals surface area contributed by atoms with E-state index in [0.29, 0.717) is 10.7 Å². The highest BCUT2D eigenvalue weighted by molar-refractivity contribution is 14.1. The Morgan fingerprint density at radius 1 is 1.54 bits per heavy atom. The molecule has 0 amide bonds. The number of aromatic nitrogens is 2. The minimum absolute atomic E-state index is 0.227. The van der Waals surface area contributed by atoms with Crippen LogP contribution in [-0.2, 0) is 9.73 Å². The van der Waals surface area contributed by atoms with E-state index in [1.54, 1.807) is 0 Å². The van der Waals surface area contributed by atoms with Gasteiger partial charge in [-0.05, 0) is 6.92 Å². The van der Waals surface area contributed by atoms with Crippen LogP contribution >= 0.6 is 22.6 Å². The minimum atomic E-state index is -2.67. The highest BCUT2D eigenvalue weighted by Crippen LogP contribution is 2.18. The van der Waals surface area contributed by atoms with Crippen LogP contribution in [0, 0.1) is 4.78 Å². The predicted molar refractivity (Wildman–Crippen MR) is 59.5 cm³/mol. The summed E-state index contributed by atoms with van der Waals surface area (Å²) in [7, 11) is -2.67. The zero-order valence-electron chi connectivity index (χ0n) is 7.32. The van der Waals surface area contributed by atoms with Gasteiger partial charge in [0.1, 0.15) is 5.82 Å². The molecule has 0 radical (unpaired) electrons. The first-order chi connectivity index (χ1) is 5.91. The lowest BCUT2D eigenvalue weighted by molar-refractivity contribution is 0.677. The molecule has 72 valence electrons. The summed E-state index contributed by atoms with van der Waals surface area (Å²) in [5.74, 6) is 0.702. The summed E-state index contributed by atoms with van der Waals surface area (Å²) < 4.78 is 18.8. The lowest BCUT2D eigenvalue weighted by Crippen LogP contribution is -2.00. The lowest BCUT2D eigenvalue weighted by atomic mass is 10.4. The Morgan fingerprint density at radius 2 is 2.00 bits per heavy atom. The monoisotopic (exact) mass is 311 g/mol. The van der Waals surface area contributed by atoms with Gasteiger partial charge in [0.25, 0.3) is 0 Å². The largest absolute Gasteiger partial charge is 0.249 e. The van der Waals surface area contributed by atoms with E-state index in [4.69, 9.17) is 4.78 Å². The Bertz CT molecular complexity index is 385. The third-order valence-corrected chi connectivity index (χ3v) is 3.12. The molecule has 13 heavy (non-hydrogen) atoms. The van der Waals surface area contributed by atoms with Crippen molar-refractivity contribution >= 4 is 32.3 Å². The number of hydrogen-bond acceptors (Lipinski definition) is 4. The molecule has 0 bridgehead atoms. The van der Waals surface area contributed by atoms with Gasteiger partial charge in [0.2, 0.25) is 0 Å². The van der Waals surface area contributed by atoms with Gasteiger partial charge in [-0.3, -0.25) is 0 Å². The lowest BCUT2D eigenvalue weighted by Gasteiger charge is -2.03. The van der Waals surface area contributed by atoms with Gasteiger partial charge in [-0.2, -0.15) is 0 Å². The van der Waals surface area contributed by atoms with Gasteiger partial charge in [0, 0.05) is 18.6 Å². The molecule has 4 nitrogen and oxygen atoms in total. The zero-order chi connectivity index (χ0) is 10.1. The SMILES string of the molecule is CC(I)c1ncc(S(C)(=N)=O)cn1. The summed E-state index contributed by atoms with van der Waals surface area (Å²) in [6.45, 7) is 1.97. The van der Waals surface area contributed by atoms with Gasteiger partial charge in [-0.1, -0.05) is 22.6 Å². The first-order valence-electron chi connectivity index (χ1n) is 3.61. The molecule has 1 rings (SSSR count). The second-order valence-electron chi connectivity index (χ2n) is 2.74. The van der Waals surface area contributed by atoms with Crippen LogP contribution < -0.4 is 0 Å². The van der Waals surface area contributed by atoms with Crippen molar-refractivity contribution in [1.29, 1.82) is 4.78 Å². The van der Waals surface area contributed by atoms with Crippen LogP contribution in [0.25, 0.3) is 0 Å². The van der Waals surface area contributed by atoms with E-state index in [9.17, 15) is 4.21 Å². The molecule has 0 aromatic carbocycles. The smallest absolute Gasteiger partial charge is 0.140 e. The molecule has 2 unspecified atom stereocenters. The molecule has 0 aliphatic heterocycles. The maximum Gasteiger partial charge on any atom is 0.140 e. The molecule has 0 saturated carbocycles. The summed E-state index contributed by atoms with van der Waals surface area (Å²) in [6, 6.07) is 0. The fourth-order valence-electron chi connectivity index (χ4n) is 0.733. The number of rotatable bonds is 2. The number of alkyl halides is 1. The first-order valence-corrected chi connectivity index (χ1v) is 6.82. The van der Waals surface area contributed by atoms with Gasteiger partial charge in [0.15, 0.2) is 0 Å². The molecule has 6 heteroatoms. The number of nitrogens with one attached hydrogen (secondary N) is 1. The van der Waals surface area contributed by atoms with Crippen molar-refractivity contribution in [3.05, 3.63) is 18.2 Å². The van der Waals surface area contributed by atoms with Crippen molar-refractivity contribution in [1.82, 2.24) is 9.97 Å². The fourth-order valence-corrected chi connectivity index (χ4v) is 1.56. The van der Waals surface area contributed by atoms with Crippen molar-refractivity contribution in [2.24, 2.45) is 0 Å². The third-order valence-electron chi connectivity index (χ3n) is 1.45. The van der Waals surface area contributed by atoms with Gasteiger partial charge in [-0.25, -0.2) is 19.0 Å². The van der Waals surface area contributed by atoms with Crippen LogP contribution in [-0.4, -0.2) is 20.4 Å². The van der Waals surface area contributed by atoms with Crippen LogP contribution in [0.2, 0.25) is 0 Å². The van der Waals surface area contributed by atoms with Crippen molar-refractivity contribution in [2.75, 3.05) is 6.26 Å². The molecule has 1 heterocycles. The predicted octanol–water partition coefficient (Wildman–Crippen LogP) is 2.01. The van der Waals surface area contributed by atoms with Crippen LogP contribution in [0.5, 0.6) is 0 Å². The van der Waals surface area contributed by atoms with Crippen LogP contribution in [0.3, 0.4) is 0 Å². The van der Waals surface area contributed by atoms with E-state index >= 15 is 0 Å². The molecule has 0 aliphatic rings. The Hall–Kier alpha value is -0.240. The minimum Gasteiger partial charge on any atom is -0.249 e. The quantitative estimate of drug-likeness (QED) is 0.671. The summed E-state index contributed by atoms with van der Waals surface area (Å²) >= 11 is 2.20. The van der Waals surface area contributed by atoms with E-state index in [-0.39, 0.29) is 3.92 Å². The maximum atomic E-state index is 11.3. The van der Waals surface area contributed by atoms with E-state index in [1.165, 1.54) is 18.6 Å². The number of hydrogen-bond donors (Lipinski definition) is 1. The third kappa shape index (κ3) is 2.87. The van der Waals surface area contributed by atoms with Crippen molar-refractivity contribution in [3.63, 3.8) is 0 Å². The summed E-state index contributed by atoms with van der Waals surface area (Å²) in [5, 5.41) is 0. The highest BCUT2D eigenvalue weighted by Gasteiger charge is 2.07. The molecule has 0 spiro atoms. The van der Waals surface area contributed by atoms with Gasteiger partial charge in [0.05, 0.1) is 18.5 Å². The number of nitrogens with zero attached hydrogens (tertiary/aromatic N) is 2. The Balaban J connectivity index is 3.08. The second kappa shape index (κ2) is 3.87. The van der Waals surface area contributed by atoms with Crippen LogP contribution in [0.15, 0.2) is 17.3 Å². The summed E-state index contributed by atoms with van der Waals surface area (Å²) in [4.78, 5) is 8.44. The molecule has 0 fully saturated rings.